The molecule has 0 unspecified atom stereocenters. The number of unbranched alkanes of at least 4 members (excludes halogenated alkanes) is 16. The molecular weight excluding hydrogens is 585 g/mol. The van der Waals surface area contributed by atoms with Crippen molar-refractivity contribution in [2.75, 3.05) is 24.7 Å². The van der Waals surface area contributed by atoms with Crippen molar-refractivity contribution in [2.45, 2.75) is 156 Å². The Balaban J connectivity index is -0.000000605. The summed E-state index contributed by atoms with van der Waals surface area (Å²) in [6, 6.07) is 0. The van der Waals surface area contributed by atoms with Gasteiger partial charge in [0.2, 0.25) is 0 Å². The Morgan fingerprint density at radius 1 is 0.421 bits per heavy atom. The third-order valence-electron chi connectivity index (χ3n) is 5.98. The van der Waals surface area contributed by atoms with Crippen molar-refractivity contribution < 1.29 is 9.47 Å². The Kier molecular flexibility index (Phi) is 50.3. The Hall–Kier alpha value is 1.76. The van der Waals surface area contributed by atoms with Gasteiger partial charge in [-0.25, -0.2) is 0 Å². The summed E-state index contributed by atoms with van der Waals surface area (Å²) in [4.78, 5) is 0. The lowest BCUT2D eigenvalue weighted by Crippen LogP contribution is -1.98. The van der Waals surface area contributed by atoms with Gasteiger partial charge in [0.1, 0.15) is 8.77 Å². The summed E-state index contributed by atoms with van der Waals surface area (Å²) >= 11 is 17.8. The van der Waals surface area contributed by atoms with Crippen molar-refractivity contribution in [3.8, 4) is 0 Å². The van der Waals surface area contributed by atoms with Crippen LogP contribution in [0.3, 0.4) is 0 Å². The van der Waals surface area contributed by atoms with Crippen LogP contribution in [0, 0.1) is 0 Å². The SMILES string of the molecule is CCCCCCCOC(S)=[SH]CCCCCCC.CCCCCCCOC(S)=[SH]CCCCCCC.SS. The van der Waals surface area contributed by atoms with Crippen LogP contribution in [0.15, 0.2) is 0 Å². The summed E-state index contributed by atoms with van der Waals surface area (Å²) in [7, 11) is 0. The molecule has 0 bridgehead atoms. The number of ether oxygens (including phenoxy) is 2. The van der Waals surface area contributed by atoms with Crippen LogP contribution in [-0.4, -0.2) is 33.5 Å². The minimum absolute atomic E-state index is 0.853. The van der Waals surface area contributed by atoms with Gasteiger partial charge in [-0.3, -0.25) is 0 Å². The van der Waals surface area contributed by atoms with Crippen LogP contribution >= 0.6 is 71.3 Å². The van der Waals surface area contributed by atoms with Crippen molar-refractivity contribution in [1.82, 2.24) is 0 Å². The molecule has 0 fully saturated rings. The van der Waals surface area contributed by atoms with Gasteiger partial charge in [0.05, 0.1) is 13.2 Å². The zero-order valence-electron chi connectivity index (χ0n) is 25.5. The molecule has 234 valence electrons. The van der Waals surface area contributed by atoms with Crippen molar-refractivity contribution in [3.05, 3.63) is 0 Å². The number of thiol groups is 6. The third kappa shape index (κ3) is 44.8. The quantitative estimate of drug-likeness (QED) is 0.0270. The van der Waals surface area contributed by atoms with Gasteiger partial charge < -0.3 is 9.47 Å². The van der Waals surface area contributed by atoms with Crippen LogP contribution in [0.25, 0.3) is 0 Å². The molecule has 0 rings (SSSR count). The van der Waals surface area contributed by atoms with E-state index in [9.17, 15) is 0 Å². The second kappa shape index (κ2) is 43.2. The number of hydrogen-bond donors (Lipinski definition) is 6. The third-order valence-corrected chi connectivity index (χ3v) is 8.96. The van der Waals surface area contributed by atoms with Gasteiger partial charge in [-0.2, -0.15) is 22.7 Å². The lowest BCUT2D eigenvalue weighted by atomic mass is 10.2. The molecule has 2 nitrogen and oxygen atoms in total. The molecule has 0 heterocycles. The van der Waals surface area contributed by atoms with E-state index in [2.05, 4.69) is 76.3 Å². The molecule has 0 aliphatic rings. The van der Waals surface area contributed by atoms with E-state index in [4.69, 9.17) is 9.47 Å². The molecule has 0 saturated heterocycles. The van der Waals surface area contributed by atoms with Crippen LogP contribution in [0.4, 0.5) is 0 Å². The summed E-state index contributed by atoms with van der Waals surface area (Å²) in [5.74, 6) is 2.41. The van der Waals surface area contributed by atoms with Gasteiger partial charge in [0.15, 0.2) is 0 Å². The summed E-state index contributed by atoms with van der Waals surface area (Å²) in [6.45, 7) is 10.7. The molecule has 0 N–H and O–H groups in total. The van der Waals surface area contributed by atoms with Crippen molar-refractivity contribution >= 4 is 80.0 Å². The summed E-state index contributed by atoms with van der Waals surface area (Å²) < 4.78 is 13.1. The standard InChI is InChI=1S/2C15H32OS2.H2S2/c2*1-3-5-7-9-11-13-16-15(17)18-14-12-10-8-6-4-2;1-2/h2*17-18H,3-14H2,1-2H3;1-2H. The minimum Gasteiger partial charge on any atom is -0.335 e. The van der Waals surface area contributed by atoms with E-state index in [1.165, 1.54) is 163 Å². The summed E-state index contributed by atoms with van der Waals surface area (Å²) in [6.07, 6.45) is 26.5. The molecule has 0 aromatic rings. The first-order valence-corrected chi connectivity index (χ1v) is 20.2. The van der Waals surface area contributed by atoms with E-state index in [1.807, 2.05) is 0 Å². The number of rotatable bonds is 24. The second-order valence-electron chi connectivity index (χ2n) is 9.68. The predicted octanol–water partition coefficient (Wildman–Crippen LogP) is 11.6. The van der Waals surface area contributed by atoms with Crippen molar-refractivity contribution in [3.63, 3.8) is 0 Å². The molecular formula is C30H66O2S6. The van der Waals surface area contributed by atoms with E-state index in [0.29, 0.717) is 0 Å². The number of hydrogen-bond acceptors (Lipinski definition) is 4. The topological polar surface area (TPSA) is 18.5 Å². The van der Waals surface area contributed by atoms with Gasteiger partial charge in [-0.1, -0.05) is 130 Å². The average Bonchev–Trinajstić information content (AvgIpc) is 2.93. The highest BCUT2D eigenvalue weighted by Gasteiger charge is 1.95. The van der Waals surface area contributed by atoms with Gasteiger partial charge >= 0.3 is 0 Å². The smallest absolute Gasteiger partial charge is 0.127 e. The normalized spacial score (nSPS) is 12.0. The van der Waals surface area contributed by atoms with Crippen LogP contribution in [0.2, 0.25) is 0 Å². The van der Waals surface area contributed by atoms with E-state index in [-0.39, 0.29) is 0 Å². The molecule has 0 atom stereocenters. The zero-order chi connectivity index (χ0) is 29.0. The second-order valence-corrected chi connectivity index (χ2v) is 13.5. The molecule has 38 heavy (non-hydrogen) atoms. The van der Waals surface area contributed by atoms with E-state index < -0.39 is 0 Å². The maximum absolute atomic E-state index is 5.62. The van der Waals surface area contributed by atoms with Gasteiger partial charge in [-0.05, 0) is 37.2 Å². The monoisotopic (exact) mass is 650 g/mol. The lowest BCUT2D eigenvalue weighted by Gasteiger charge is -2.03. The molecule has 8 heteroatoms. The van der Waals surface area contributed by atoms with Gasteiger partial charge in [0, 0.05) is 0 Å². The molecule has 0 aliphatic heterocycles. The van der Waals surface area contributed by atoms with E-state index in [0.717, 1.165) is 22.0 Å². The maximum Gasteiger partial charge on any atom is 0.127 e. The summed E-state index contributed by atoms with van der Waals surface area (Å²) in [5.41, 5.74) is 0. The molecule has 0 amide bonds. The van der Waals surface area contributed by atoms with Crippen LogP contribution in [0.5, 0.6) is 0 Å². The van der Waals surface area contributed by atoms with Crippen molar-refractivity contribution in [1.29, 1.82) is 0 Å². The van der Waals surface area contributed by atoms with Crippen LogP contribution < -0.4 is 0 Å². The Labute approximate surface area is 268 Å². The molecule has 0 aromatic carbocycles. The summed E-state index contributed by atoms with van der Waals surface area (Å²) in [5, 5.41) is 0. The lowest BCUT2D eigenvalue weighted by molar-refractivity contribution is 0.308. The molecule has 0 radical (unpaired) electrons. The van der Waals surface area contributed by atoms with E-state index in [1.54, 1.807) is 0 Å². The van der Waals surface area contributed by atoms with Gasteiger partial charge in [-0.15, -0.1) is 48.6 Å². The first-order valence-electron chi connectivity index (χ1n) is 15.5. The predicted molar refractivity (Wildman–Crippen MR) is 201 cm³/mol. The Morgan fingerprint density at radius 2 is 0.684 bits per heavy atom. The fourth-order valence-corrected chi connectivity index (χ4v) is 5.90. The highest BCUT2D eigenvalue weighted by molar-refractivity contribution is 8.59. The van der Waals surface area contributed by atoms with Gasteiger partial charge in [0.25, 0.3) is 0 Å². The molecule has 0 spiro atoms. The molecule has 0 aliphatic carbocycles. The maximum atomic E-state index is 5.62. The van der Waals surface area contributed by atoms with Crippen molar-refractivity contribution in [2.24, 2.45) is 0 Å². The fraction of sp³-hybridized carbons (Fsp3) is 0.933. The van der Waals surface area contributed by atoms with Crippen LogP contribution in [0.1, 0.15) is 156 Å². The highest BCUT2D eigenvalue weighted by Crippen LogP contribution is 2.09. The fourth-order valence-electron chi connectivity index (χ4n) is 3.61. The van der Waals surface area contributed by atoms with Crippen LogP contribution in [-0.2, 0) is 9.47 Å². The van der Waals surface area contributed by atoms with E-state index >= 15 is 0 Å². The first-order chi connectivity index (χ1) is 18.6. The highest BCUT2D eigenvalue weighted by atomic mass is 33.1. The Bertz CT molecular complexity index is 434. The molecule has 0 aromatic heterocycles. The molecule has 0 saturated carbocycles. The first kappa shape index (κ1) is 44.2. The zero-order valence-corrected chi connectivity index (χ0v) is 30.8. The largest absolute Gasteiger partial charge is 0.335 e. The minimum atomic E-state index is 0.853. The average molecular weight is 651 g/mol. The Morgan fingerprint density at radius 3 is 0.974 bits per heavy atom.